The van der Waals surface area contributed by atoms with Gasteiger partial charge in [0, 0.05) is 18.4 Å². The highest BCUT2D eigenvalue weighted by molar-refractivity contribution is 7.18. The summed E-state index contributed by atoms with van der Waals surface area (Å²) in [4.78, 5) is 30.2. The fraction of sp³-hybridized carbons (Fsp3) is 0.500. The molecule has 0 amide bonds. The normalized spacial score (nSPS) is 12.8. The first kappa shape index (κ1) is 15.7. The van der Waals surface area contributed by atoms with Gasteiger partial charge in [-0.05, 0) is 26.3 Å². The SMILES string of the molecule is COCCc1nc2sc(C)c(C)c2c(=O)n1C(C)C(=O)O. The zero-order chi connectivity index (χ0) is 15.7. The largest absolute Gasteiger partial charge is 0.480 e. The van der Waals surface area contributed by atoms with Crippen LogP contribution in [-0.2, 0) is 16.0 Å². The van der Waals surface area contributed by atoms with Gasteiger partial charge < -0.3 is 9.84 Å². The number of aromatic nitrogens is 2. The highest BCUT2D eigenvalue weighted by Gasteiger charge is 2.23. The van der Waals surface area contributed by atoms with Crippen LogP contribution in [0.15, 0.2) is 4.79 Å². The fourth-order valence-electron chi connectivity index (χ4n) is 2.23. The number of fused-ring (bicyclic) bond motifs is 1. The van der Waals surface area contributed by atoms with Gasteiger partial charge in [-0.1, -0.05) is 0 Å². The lowest BCUT2D eigenvalue weighted by molar-refractivity contribution is -0.140. The zero-order valence-electron chi connectivity index (χ0n) is 12.5. The minimum atomic E-state index is -1.05. The summed E-state index contributed by atoms with van der Waals surface area (Å²) in [5.41, 5.74) is 0.583. The van der Waals surface area contributed by atoms with Crippen LogP contribution in [0, 0.1) is 13.8 Å². The topological polar surface area (TPSA) is 81.4 Å². The number of aliphatic carboxylic acids is 1. The molecule has 2 rings (SSSR count). The van der Waals surface area contributed by atoms with Crippen LogP contribution in [-0.4, -0.2) is 34.3 Å². The number of hydrogen-bond acceptors (Lipinski definition) is 5. The standard InChI is InChI=1S/C14H18N2O4S/c1-7-9(3)21-12-11(7)13(17)16(8(2)14(18)19)10(15-12)5-6-20-4/h8H,5-6H2,1-4H3,(H,18,19). The van der Waals surface area contributed by atoms with Crippen molar-refractivity contribution >= 4 is 27.5 Å². The summed E-state index contributed by atoms with van der Waals surface area (Å²) in [5.74, 6) is -0.605. The number of carboxylic acid groups (broad SMARTS) is 1. The van der Waals surface area contributed by atoms with Gasteiger partial charge in [0.15, 0.2) is 0 Å². The molecule has 0 aliphatic carbocycles. The molecule has 1 N–H and O–H groups in total. The predicted molar refractivity (Wildman–Crippen MR) is 81.3 cm³/mol. The van der Waals surface area contributed by atoms with Gasteiger partial charge in [0.05, 0.1) is 12.0 Å². The van der Waals surface area contributed by atoms with Crippen LogP contribution in [0.25, 0.3) is 10.2 Å². The number of thiophene rings is 1. The first-order valence-electron chi connectivity index (χ1n) is 6.61. The highest BCUT2D eigenvalue weighted by atomic mass is 32.1. The minimum Gasteiger partial charge on any atom is -0.480 e. The van der Waals surface area contributed by atoms with E-state index in [0.29, 0.717) is 29.1 Å². The molecule has 0 saturated heterocycles. The van der Waals surface area contributed by atoms with E-state index in [2.05, 4.69) is 4.98 Å². The molecule has 6 nitrogen and oxygen atoms in total. The maximum atomic E-state index is 12.7. The van der Waals surface area contributed by atoms with Crippen molar-refractivity contribution in [2.24, 2.45) is 0 Å². The third kappa shape index (κ3) is 2.71. The second kappa shape index (κ2) is 5.95. The Morgan fingerprint density at radius 2 is 2.14 bits per heavy atom. The molecular weight excluding hydrogens is 292 g/mol. The molecule has 0 fully saturated rings. The number of ether oxygens (including phenoxy) is 1. The molecular formula is C14H18N2O4S. The first-order chi connectivity index (χ1) is 9.88. The van der Waals surface area contributed by atoms with Crippen molar-refractivity contribution in [1.82, 2.24) is 9.55 Å². The Balaban J connectivity index is 2.77. The summed E-state index contributed by atoms with van der Waals surface area (Å²) in [6.07, 6.45) is 0.398. The molecule has 7 heteroatoms. The van der Waals surface area contributed by atoms with Gasteiger partial charge in [-0.2, -0.15) is 0 Å². The van der Waals surface area contributed by atoms with Gasteiger partial charge in [0.25, 0.3) is 5.56 Å². The number of carboxylic acids is 1. The molecule has 0 radical (unpaired) electrons. The lowest BCUT2D eigenvalue weighted by Gasteiger charge is -2.16. The Labute approximate surface area is 126 Å². The maximum absolute atomic E-state index is 12.7. The first-order valence-corrected chi connectivity index (χ1v) is 7.43. The van der Waals surface area contributed by atoms with E-state index in [-0.39, 0.29) is 5.56 Å². The van der Waals surface area contributed by atoms with Gasteiger partial charge in [-0.15, -0.1) is 11.3 Å². The van der Waals surface area contributed by atoms with Crippen LogP contribution in [0.2, 0.25) is 0 Å². The molecule has 114 valence electrons. The molecule has 0 spiro atoms. The summed E-state index contributed by atoms with van der Waals surface area (Å²) in [6.45, 7) is 5.67. The van der Waals surface area contributed by atoms with Gasteiger partial charge in [0.2, 0.25) is 0 Å². The molecule has 1 unspecified atom stereocenters. The minimum absolute atomic E-state index is 0.289. The van der Waals surface area contributed by atoms with Gasteiger partial charge >= 0.3 is 5.97 Å². The summed E-state index contributed by atoms with van der Waals surface area (Å²) < 4.78 is 6.29. The molecule has 0 aliphatic heterocycles. The van der Waals surface area contributed by atoms with Crippen molar-refractivity contribution in [3.8, 4) is 0 Å². The monoisotopic (exact) mass is 310 g/mol. The van der Waals surface area contributed by atoms with Gasteiger partial charge in [-0.25, -0.2) is 9.78 Å². The van der Waals surface area contributed by atoms with E-state index in [9.17, 15) is 14.7 Å². The lowest BCUT2D eigenvalue weighted by Crippen LogP contribution is -2.32. The van der Waals surface area contributed by atoms with E-state index in [4.69, 9.17) is 4.74 Å². The van der Waals surface area contributed by atoms with Crippen molar-refractivity contribution in [2.75, 3.05) is 13.7 Å². The third-order valence-electron chi connectivity index (χ3n) is 3.58. The number of carbonyl (C=O) groups is 1. The second-order valence-corrected chi connectivity index (χ2v) is 6.13. The average molecular weight is 310 g/mol. The molecule has 0 aliphatic rings. The Bertz CT molecular complexity index is 747. The van der Waals surface area contributed by atoms with Crippen molar-refractivity contribution in [3.05, 3.63) is 26.6 Å². The molecule has 0 bridgehead atoms. The smallest absolute Gasteiger partial charge is 0.326 e. The van der Waals surface area contributed by atoms with Crippen LogP contribution < -0.4 is 5.56 Å². The fourth-order valence-corrected chi connectivity index (χ4v) is 3.27. The van der Waals surface area contributed by atoms with E-state index < -0.39 is 12.0 Å². The van der Waals surface area contributed by atoms with Crippen molar-refractivity contribution < 1.29 is 14.6 Å². The van der Waals surface area contributed by atoms with E-state index >= 15 is 0 Å². The van der Waals surface area contributed by atoms with Crippen LogP contribution >= 0.6 is 11.3 Å². The summed E-state index contributed by atoms with van der Waals surface area (Å²) >= 11 is 1.46. The van der Waals surface area contributed by atoms with E-state index in [1.165, 1.54) is 22.8 Å². The average Bonchev–Trinajstić information content (AvgIpc) is 2.71. The summed E-state index contributed by atoms with van der Waals surface area (Å²) in [5, 5.41) is 9.76. The Kier molecular flexibility index (Phi) is 4.43. The molecule has 1 atom stereocenters. The van der Waals surface area contributed by atoms with Crippen molar-refractivity contribution in [1.29, 1.82) is 0 Å². The Morgan fingerprint density at radius 1 is 1.48 bits per heavy atom. The van der Waals surface area contributed by atoms with Crippen LogP contribution in [0.5, 0.6) is 0 Å². The third-order valence-corrected chi connectivity index (χ3v) is 4.68. The van der Waals surface area contributed by atoms with E-state index in [1.807, 2.05) is 13.8 Å². The Hall–Kier alpha value is -1.73. The molecule has 2 heterocycles. The molecule has 0 saturated carbocycles. The quantitative estimate of drug-likeness (QED) is 0.912. The second-order valence-electron chi connectivity index (χ2n) is 4.92. The summed E-state index contributed by atoms with van der Waals surface area (Å²) in [6, 6.07) is -0.958. The van der Waals surface area contributed by atoms with Crippen molar-refractivity contribution in [2.45, 2.75) is 33.2 Å². The highest BCUT2D eigenvalue weighted by Crippen LogP contribution is 2.27. The number of nitrogens with zero attached hydrogens (tertiary/aromatic N) is 2. The number of rotatable bonds is 5. The molecule has 2 aromatic rings. The van der Waals surface area contributed by atoms with Crippen molar-refractivity contribution in [3.63, 3.8) is 0 Å². The molecule has 21 heavy (non-hydrogen) atoms. The van der Waals surface area contributed by atoms with Gasteiger partial charge in [0.1, 0.15) is 16.7 Å². The van der Waals surface area contributed by atoms with Crippen LogP contribution in [0.3, 0.4) is 0 Å². The zero-order valence-corrected chi connectivity index (χ0v) is 13.3. The lowest BCUT2D eigenvalue weighted by atomic mass is 10.2. The molecule has 0 aromatic carbocycles. The Morgan fingerprint density at radius 3 is 2.71 bits per heavy atom. The van der Waals surface area contributed by atoms with Crippen LogP contribution in [0.4, 0.5) is 0 Å². The maximum Gasteiger partial charge on any atom is 0.326 e. The summed E-state index contributed by atoms with van der Waals surface area (Å²) in [7, 11) is 1.56. The van der Waals surface area contributed by atoms with Crippen LogP contribution in [0.1, 0.15) is 29.2 Å². The number of hydrogen-bond donors (Lipinski definition) is 1. The van der Waals surface area contributed by atoms with E-state index in [1.54, 1.807) is 7.11 Å². The van der Waals surface area contributed by atoms with E-state index in [0.717, 1.165) is 10.4 Å². The molecule has 2 aromatic heterocycles. The number of methoxy groups -OCH3 is 1. The predicted octanol–water partition coefficient (Wildman–Crippen LogP) is 1.91. The number of aryl methyl sites for hydroxylation is 2. The van der Waals surface area contributed by atoms with Gasteiger partial charge in [-0.3, -0.25) is 9.36 Å².